The van der Waals surface area contributed by atoms with Gasteiger partial charge in [0.2, 0.25) is 0 Å². The topological polar surface area (TPSA) is 0 Å². The maximum absolute atomic E-state index is 2.08. The van der Waals surface area contributed by atoms with Gasteiger partial charge in [-0.2, -0.15) is 41.5 Å². The summed E-state index contributed by atoms with van der Waals surface area (Å²) in [5, 5.41) is 0. The van der Waals surface area contributed by atoms with Crippen molar-refractivity contribution in [3.8, 4) is 0 Å². The van der Waals surface area contributed by atoms with Crippen molar-refractivity contribution in [2.75, 3.05) is 0 Å². The Morgan fingerprint density at radius 2 is 0.556 bits per heavy atom. The Morgan fingerprint density at radius 3 is 0.556 bits per heavy atom. The van der Waals surface area contributed by atoms with E-state index in [1.807, 2.05) is 0 Å². The average Bonchev–Trinajstić information content (AvgIpc) is 1.25. The average molecular weight is 142 g/mol. The van der Waals surface area contributed by atoms with Gasteiger partial charge in [-0.1, -0.05) is 0 Å². The summed E-state index contributed by atoms with van der Waals surface area (Å²) in [6, 6.07) is 0. The molecule has 0 aromatic heterocycles. The molecule has 0 N–H and O–H groups in total. The van der Waals surface area contributed by atoms with Crippen molar-refractivity contribution in [3.05, 3.63) is 11.8 Å². The molecule has 0 aliphatic heterocycles. The molecule has 9 heavy (non-hydrogen) atoms. The van der Waals surface area contributed by atoms with Crippen LogP contribution in [0.15, 0.2) is 0 Å². The van der Waals surface area contributed by atoms with E-state index in [1.54, 1.807) is 0 Å². The zero-order valence-electron chi connectivity index (χ0n) is 7.71. The van der Waals surface area contributed by atoms with Crippen LogP contribution in [0.2, 0.25) is 0 Å². The van der Waals surface area contributed by atoms with Gasteiger partial charge in [0.15, 0.2) is 0 Å². The molecule has 0 aromatic carbocycles. The summed E-state index contributed by atoms with van der Waals surface area (Å²) in [4.78, 5) is 0. The first kappa shape index (κ1) is 16.3. The van der Waals surface area contributed by atoms with E-state index in [4.69, 9.17) is 0 Å². The summed E-state index contributed by atoms with van der Waals surface area (Å²) in [5.41, 5.74) is 0. The molecule has 54 valence electrons. The number of rotatable bonds is 0. The van der Waals surface area contributed by atoms with E-state index in [-0.39, 0.29) is 17.4 Å². The van der Waals surface area contributed by atoms with Crippen LogP contribution in [-0.4, -0.2) is 17.4 Å². The summed E-state index contributed by atoms with van der Waals surface area (Å²) < 4.78 is 0. The fourth-order valence-corrected chi connectivity index (χ4v) is 0. The van der Waals surface area contributed by atoms with Gasteiger partial charge in [0.05, 0.1) is 0 Å². The molecular weight excluding hydrogens is 123 g/mol. The van der Waals surface area contributed by atoms with E-state index in [2.05, 4.69) is 41.5 Å². The van der Waals surface area contributed by atoms with Gasteiger partial charge in [-0.05, 0) is 0 Å². The van der Waals surface area contributed by atoms with Crippen LogP contribution in [0.25, 0.3) is 0 Å². The molecular formula is C8H19Al. The zero-order chi connectivity index (χ0) is 7.15. The van der Waals surface area contributed by atoms with Gasteiger partial charge in [0.25, 0.3) is 0 Å². The van der Waals surface area contributed by atoms with Gasteiger partial charge in [0, 0.05) is 0 Å². The molecule has 0 atom stereocenters. The van der Waals surface area contributed by atoms with Crippen molar-refractivity contribution >= 4 is 17.4 Å². The normalized spacial score (nSPS) is 8.00. The summed E-state index contributed by atoms with van der Waals surface area (Å²) in [6.45, 7) is 12.5. The molecule has 0 rings (SSSR count). The van der Waals surface area contributed by atoms with Crippen molar-refractivity contribution in [2.24, 2.45) is 0 Å². The van der Waals surface area contributed by atoms with E-state index in [0.717, 1.165) is 0 Å². The molecule has 0 aliphatic carbocycles. The molecule has 0 saturated heterocycles. The van der Waals surface area contributed by atoms with Crippen molar-refractivity contribution in [2.45, 2.75) is 41.5 Å². The van der Waals surface area contributed by atoms with Crippen molar-refractivity contribution in [1.82, 2.24) is 0 Å². The Morgan fingerprint density at radius 1 is 0.556 bits per heavy atom. The van der Waals surface area contributed by atoms with Gasteiger partial charge in [0.1, 0.15) is 0 Å². The Hall–Kier alpha value is 0.532. The van der Waals surface area contributed by atoms with Crippen molar-refractivity contribution in [1.29, 1.82) is 0 Å². The first-order valence-corrected chi connectivity index (χ1v) is 3.00. The van der Waals surface area contributed by atoms with E-state index >= 15 is 0 Å². The Labute approximate surface area is 71.2 Å². The second-order valence-corrected chi connectivity index (χ2v) is 3.00. The molecule has 0 nitrogen and oxygen atoms in total. The molecule has 0 bridgehead atoms. The quantitative estimate of drug-likeness (QED) is 0.360. The Balaban J connectivity index is -0.0000000720. The third-order valence-corrected chi connectivity index (χ3v) is 0. The summed E-state index contributed by atoms with van der Waals surface area (Å²) in [7, 11) is 0. The van der Waals surface area contributed by atoms with E-state index < -0.39 is 0 Å². The Bertz CT molecular complexity index is 20.0. The molecule has 0 saturated carbocycles. The molecule has 0 heterocycles. The summed E-state index contributed by atoms with van der Waals surface area (Å²) in [5.74, 6) is 2.83. The Kier molecular flexibility index (Phi) is 20.5. The van der Waals surface area contributed by atoms with Crippen LogP contribution in [-0.2, 0) is 0 Å². The third-order valence-electron chi connectivity index (χ3n) is 0. The monoisotopic (exact) mass is 142 g/mol. The second-order valence-electron chi connectivity index (χ2n) is 3.00. The molecule has 0 spiro atoms. The van der Waals surface area contributed by atoms with Gasteiger partial charge in [-0.3, -0.25) is 0 Å². The van der Waals surface area contributed by atoms with Gasteiger partial charge >= 0.3 is 17.4 Å². The third kappa shape index (κ3) is 1280. The van der Waals surface area contributed by atoms with E-state index in [1.165, 1.54) is 11.8 Å². The standard InChI is InChI=1S/2C4H9.Al.H/c2*1-4(2)3;;/h2*1-3H3;;/q2*-1;+2;. The molecule has 0 fully saturated rings. The van der Waals surface area contributed by atoms with Crippen LogP contribution in [0.5, 0.6) is 0 Å². The molecule has 1 heteroatoms. The van der Waals surface area contributed by atoms with E-state index in [9.17, 15) is 0 Å². The minimum absolute atomic E-state index is 0. The maximum atomic E-state index is 2.08. The zero-order valence-corrected chi connectivity index (χ0v) is 9.12. The second kappa shape index (κ2) is 11.3. The molecule has 0 aliphatic rings. The molecule has 0 amide bonds. The first-order chi connectivity index (χ1) is 3.46. The van der Waals surface area contributed by atoms with Crippen LogP contribution in [0.3, 0.4) is 0 Å². The van der Waals surface area contributed by atoms with Crippen LogP contribution >= 0.6 is 0 Å². The fourth-order valence-electron chi connectivity index (χ4n) is 0. The fraction of sp³-hybridized carbons (Fsp3) is 0.750. The van der Waals surface area contributed by atoms with Crippen LogP contribution < -0.4 is 0 Å². The number of hydrogen-bond acceptors (Lipinski definition) is 0. The first-order valence-electron chi connectivity index (χ1n) is 3.00. The van der Waals surface area contributed by atoms with Gasteiger partial charge < -0.3 is 11.8 Å². The van der Waals surface area contributed by atoms with Gasteiger partial charge in [-0.15, -0.1) is 0 Å². The molecule has 0 radical (unpaired) electrons. The predicted molar refractivity (Wildman–Crippen MR) is 47.7 cm³/mol. The summed E-state index contributed by atoms with van der Waals surface area (Å²) in [6.07, 6.45) is 0. The summed E-state index contributed by atoms with van der Waals surface area (Å²) >= 11 is 0. The van der Waals surface area contributed by atoms with Crippen molar-refractivity contribution < 1.29 is 0 Å². The molecule has 0 aromatic rings. The minimum atomic E-state index is 0. The van der Waals surface area contributed by atoms with Crippen LogP contribution in [0.1, 0.15) is 41.5 Å². The van der Waals surface area contributed by atoms with E-state index in [0.29, 0.717) is 0 Å². The number of hydrogen-bond donors (Lipinski definition) is 0. The van der Waals surface area contributed by atoms with Gasteiger partial charge in [-0.25, -0.2) is 0 Å². The predicted octanol–water partition coefficient (Wildman–Crippen LogP) is 2.59. The van der Waals surface area contributed by atoms with Crippen molar-refractivity contribution in [3.63, 3.8) is 0 Å². The molecule has 0 unspecified atom stereocenters. The van der Waals surface area contributed by atoms with Crippen LogP contribution in [0.4, 0.5) is 0 Å². The SMILES string of the molecule is C[C-](C)C.C[C-](C)C.[AlH+2]. The van der Waals surface area contributed by atoms with Crippen LogP contribution in [0, 0.1) is 11.8 Å².